The van der Waals surface area contributed by atoms with Crippen LogP contribution in [-0.4, -0.2) is 38.1 Å². The van der Waals surface area contributed by atoms with E-state index in [4.69, 9.17) is 9.90 Å². The molecule has 2 saturated carbocycles. The van der Waals surface area contributed by atoms with Gasteiger partial charge in [0.05, 0.1) is 10.3 Å². The molecule has 4 rings (SSSR count). The van der Waals surface area contributed by atoms with Gasteiger partial charge in [0.15, 0.2) is 0 Å². The molecule has 0 radical (unpaired) electrons. The maximum atomic E-state index is 12.8. The van der Waals surface area contributed by atoms with Gasteiger partial charge in [-0.2, -0.15) is 13.2 Å². The van der Waals surface area contributed by atoms with Crippen LogP contribution in [0.15, 0.2) is 53.4 Å². The number of hydrogen-bond acceptors (Lipinski definition) is 4. The average molecular weight is 555 g/mol. The first-order valence-corrected chi connectivity index (χ1v) is 14.2. The van der Waals surface area contributed by atoms with E-state index in [9.17, 15) is 26.4 Å². The summed E-state index contributed by atoms with van der Waals surface area (Å²) in [6.45, 7) is 2.71. The molecule has 1 amide bonds. The van der Waals surface area contributed by atoms with Crippen molar-refractivity contribution < 1.29 is 36.3 Å². The number of nitrogens with one attached hydrogen (secondary N) is 2. The first-order valence-electron chi connectivity index (χ1n) is 12.7. The second-order valence-corrected chi connectivity index (χ2v) is 11.4. The summed E-state index contributed by atoms with van der Waals surface area (Å²) in [5.41, 5.74) is 2.24. The van der Waals surface area contributed by atoms with Gasteiger partial charge in [-0.15, -0.1) is 0 Å². The van der Waals surface area contributed by atoms with Crippen LogP contribution < -0.4 is 10.0 Å². The summed E-state index contributed by atoms with van der Waals surface area (Å²) in [4.78, 5) is 21.7. The Bertz CT molecular complexity index is 1200. The van der Waals surface area contributed by atoms with E-state index >= 15 is 0 Å². The molecule has 2 fully saturated rings. The van der Waals surface area contributed by atoms with Crippen LogP contribution in [0.5, 0.6) is 0 Å². The average Bonchev–Trinajstić information content (AvgIpc) is 3.70. The van der Waals surface area contributed by atoms with Crippen molar-refractivity contribution in [3.63, 3.8) is 0 Å². The summed E-state index contributed by atoms with van der Waals surface area (Å²) >= 11 is 0. The Balaban J connectivity index is 0.000000505. The van der Waals surface area contributed by atoms with Crippen LogP contribution >= 0.6 is 0 Å². The number of sulfonamides is 1. The summed E-state index contributed by atoms with van der Waals surface area (Å²) in [6.07, 6.45) is 3.68. The third kappa shape index (κ3) is 7.49. The van der Waals surface area contributed by atoms with Gasteiger partial charge in [-0.1, -0.05) is 50.5 Å². The molecule has 0 saturated heterocycles. The minimum absolute atomic E-state index is 0.0701. The van der Waals surface area contributed by atoms with Crippen LogP contribution in [0, 0.1) is 0 Å². The van der Waals surface area contributed by atoms with Crippen LogP contribution in [0.25, 0.3) is 0 Å². The highest BCUT2D eigenvalue weighted by Crippen LogP contribution is 2.48. The predicted octanol–water partition coefficient (Wildman–Crippen LogP) is 5.73. The third-order valence-corrected chi connectivity index (χ3v) is 8.32. The van der Waals surface area contributed by atoms with Crippen molar-refractivity contribution in [2.24, 2.45) is 0 Å². The first kappa shape index (κ1) is 29.5. The molecule has 38 heavy (non-hydrogen) atoms. The molecule has 0 bridgehead atoms. The van der Waals surface area contributed by atoms with Gasteiger partial charge in [-0.25, -0.2) is 13.2 Å². The smallest absolute Gasteiger partial charge is 0.475 e. The molecular formula is C27H33F3N2O5S. The minimum Gasteiger partial charge on any atom is -0.475 e. The molecule has 2 aliphatic carbocycles. The van der Waals surface area contributed by atoms with Gasteiger partial charge in [0.1, 0.15) is 0 Å². The van der Waals surface area contributed by atoms with Gasteiger partial charge in [0.25, 0.3) is 10.0 Å². The number of aliphatic carboxylic acids is 1. The Morgan fingerprint density at radius 3 is 2.00 bits per heavy atom. The monoisotopic (exact) mass is 554 g/mol. The van der Waals surface area contributed by atoms with Crippen molar-refractivity contribution in [2.75, 3.05) is 11.3 Å². The molecule has 2 aromatic carbocycles. The standard InChI is InChI=1S/C25H32N2O3S.C2HF3O2/c1-2-18-26-24(28)25(16-17-25)21-10-12-22(13-11-21)27-31(29,30)23-14-8-20(9-15-23)19-6-4-3-5-7-19;3-2(4,5)1(6)7/h8-15,19,27H,2-7,16-18H2,1H3,(H,26,28);(H,6,7). The van der Waals surface area contributed by atoms with Gasteiger partial charge in [0.2, 0.25) is 5.91 Å². The largest absolute Gasteiger partial charge is 0.490 e. The lowest BCUT2D eigenvalue weighted by Gasteiger charge is -2.22. The predicted molar refractivity (Wildman–Crippen MR) is 137 cm³/mol. The fourth-order valence-corrected chi connectivity index (χ4v) is 5.66. The molecule has 0 atom stereocenters. The minimum atomic E-state index is -5.08. The number of rotatable bonds is 8. The van der Waals surface area contributed by atoms with Crippen molar-refractivity contribution in [1.82, 2.24) is 5.32 Å². The number of carboxylic acid groups (broad SMARTS) is 1. The molecule has 0 spiro atoms. The molecule has 208 valence electrons. The van der Waals surface area contributed by atoms with E-state index in [-0.39, 0.29) is 10.8 Å². The van der Waals surface area contributed by atoms with E-state index < -0.39 is 27.6 Å². The number of amides is 1. The first-order chi connectivity index (χ1) is 17.9. The zero-order valence-electron chi connectivity index (χ0n) is 21.2. The zero-order chi connectivity index (χ0) is 28.0. The Kier molecular flexibility index (Phi) is 9.45. The SMILES string of the molecule is CCCNC(=O)C1(c2ccc(NS(=O)(=O)c3ccc(C4CCCCC4)cc3)cc2)CC1.O=C(O)C(F)(F)F. The maximum Gasteiger partial charge on any atom is 0.490 e. The molecule has 7 nitrogen and oxygen atoms in total. The topological polar surface area (TPSA) is 113 Å². The van der Waals surface area contributed by atoms with Gasteiger partial charge in [-0.05, 0) is 73.4 Å². The quantitative estimate of drug-likeness (QED) is 0.386. The lowest BCUT2D eigenvalue weighted by molar-refractivity contribution is -0.192. The van der Waals surface area contributed by atoms with E-state index in [0.717, 1.165) is 24.8 Å². The van der Waals surface area contributed by atoms with Crippen molar-refractivity contribution in [1.29, 1.82) is 0 Å². The molecule has 11 heteroatoms. The van der Waals surface area contributed by atoms with E-state index in [1.165, 1.54) is 37.7 Å². The highest BCUT2D eigenvalue weighted by molar-refractivity contribution is 7.92. The van der Waals surface area contributed by atoms with Crippen LogP contribution in [0.4, 0.5) is 18.9 Å². The summed E-state index contributed by atoms with van der Waals surface area (Å²) in [6, 6.07) is 14.5. The molecule has 0 heterocycles. The Labute approximate surface area is 220 Å². The number of benzene rings is 2. The molecule has 2 aromatic rings. The van der Waals surface area contributed by atoms with Crippen LogP contribution in [-0.2, 0) is 25.0 Å². The number of carbonyl (C=O) groups is 2. The van der Waals surface area contributed by atoms with Gasteiger partial charge in [0, 0.05) is 12.2 Å². The van der Waals surface area contributed by atoms with Gasteiger partial charge in [-0.3, -0.25) is 9.52 Å². The normalized spacial score (nSPS) is 17.1. The number of halogens is 3. The fourth-order valence-electron chi connectivity index (χ4n) is 4.61. The zero-order valence-corrected chi connectivity index (χ0v) is 22.0. The second-order valence-electron chi connectivity index (χ2n) is 9.73. The van der Waals surface area contributed by atoms with E-state index in [2.05, 4.69) is 10.0 Å². The van der Waals surface area contributed by atoms with Crippen molar-refractivity contribution in [2.45, 2.75) is 80.7 Å². The van der Waals surface area contributed by atoms with E-state index in [1.807, 2.05) is 31.2 Å². The highest BCUT2D eigenvalue weighted by Gasteiger charge is 2.51. The van der Waals surface area contributed by atoms with Gasteiger partial charge >= 0.3 is 12.1 Å². The van der Waals surface area contributed by atoms with E-state index in [1.54, 1.807) is 24.3 Å². The highest BCUT2D eigenvalue weighted by atomic mass is 32.2. The molecule has 2 aliphatic rings. The fraction of sp³-hybridized carbons (Fsp3) is 0.481. The van der Waals surface area contributed by atoms with Crippen molar-refractivity contribution >= 4 is 27.6 Å². The van der Waals surface area contributed by atoms with Crippen molar-refractivity contribution in [3.8, 4) is 0 Å². The number of alkyl halides is 3. The van der Waals surface area contributed by atoms with Crippen LogP contribution in [0.2, 0.25) is 0 Å². The van der Waals surface area contributed by atoms with Crippen molar-refractivity contribution in [3.05, 3.63) is 59.7 Å². The van der Waals surface area contributed by atoms with Gasteiger partial charge < -0.3 is 10.4 Å². The Morgan fingerprint density at radius 2 is 1.53 bits per heavy atom. The molecule has 0 aromatic heterocycles. The molecule has 0 unspecified atom stereocenters. The number of carbonyl (C=O) groups excluding carboxylic acids is 1. The molecular weight excluding hydrogens is 521 g/mol. The summed E-state index contributed by atoms with van der Waals surface area (Å²) in [7, 11) is -3.65. The molecule has 0 aliphatic heterocycles. The Morgan fingerprint density at radius 1 is 0.974 bits per heavy atom. The second kappa shape index (κ2) is 12.2. The van der Waals surface area contributed by atoms with Crippen LogP contribution in [0.1, 0.15) is 75.3 Å². The lowest BCUT2D eigenvalue weighted by Crippen LogP contribution is -2.35. The number of carboxylic acids is 1. The number of hydrogen-bond donors (Lipinski definition) is 3. The van der Waals surface area contributed by atoms with Crippen LogP contribution in [0.3, 0.4) is 0 Å². The summed E-state index contributed by atoms with van der Waals surface area (Å²) in [5, 5.41) is 10.1. The summed E-state index contributed by atoms with van der Waals surface area (Å²) < 4.78 is 60.1. The maximum absolute atomic E-state index is 12.8. The number of anilines is 1. The lowest BCUT2D eigenvalue weighted by atomic mass is 9.84. The third-order valence-electron chi connectivity index (χ3n) is 6.92. The van der Waals surface area contributed by atoms with E-state index in [0.29, 0.717) is 18.2 Å². The Hall–Kier alpha value is -3.08. The summed E-state index contributed by atoms with van der Waals surface area (Å²) in [5.74, 6) is -2.14. The molecule has 3 N–H and O–H groups in total.